The molecule has 1 aromatic heterocycles. The van der Waals surface area contributed by atoms with E-state index in [4.69, 9.17) is 11.6 Å². The highest BCUT2D eigenvalue weighted by Gasteiger charge is 2.34. The molecule has 0 saturated heterocycles. The maximum atomic E-state index is 10.6. The van der Waals surface area contributed by atoms with Gasteiger partial charge in [-0.2, -0.15) is 0 Å². The Balaban J connectivity index is 2.42. The lowest BCUT2D eigenvalue weighted by Crippen LogP contribution is -2.46. The molecule has 0 radical (unpaired) electrons. The molecule has 2 aromatic carbocycles. The Morgan fingerprint density at radius 3 is 2.59 bits per heavy atom. The third-order valence-electron chi connectivity index (χ3n) is 3.47. The van der Waals surface area contributed by atoms with Crippen molar-refractivity contribution in [3.05, 3.63) is 66.2 Å². The van der Waals surface area contributed by atoms with Crippen LogP contribution < -0.4 is 9.13 Å². The lowest BCUT2D eigenvalue weighted by Gasteiger charge is -2.03. The van der Waals surface area contributed by atoms with Crippen molar-refractivity contribution in [1.29, 1.82) is 0 Å². The number of aromatic nitrogens is 2. The van der Waals surface area contributed by atoms with Crippen LogP contribution in [-0.4, -0.2) is 10.2 Å². The summed E-state index contributed by atoms with van der Waals surface area (Å²) in [6.07, 6.45) is 1.69. The highest BCUT2D eigenvalue weighted by molar-refractivity contribution is 6.30. The molecule has 110 valence electrons. The van der Waals surface area contributed by atoms with Gasteiger partial charge in [-0.25, -0.2) is 0 Å². The summed E-state index contributed by atoms with van der Waals surface area (Å²) >= 11 is 6.02. The summed E-state index contributed by atoms with van der Waals surface area (Å²) in [6, 6.07) is 14.1. The molecular formula is C17H15ClN2O2+2. The van der Waals surface area contributed by atoms with E-state index in [1.54, 1.807) is 41.0 Å². The lowest BCUT2D eigenvalue weighted by atomic mass is 10.2. The first-order valence-electron chi connectivity index (χ1n) is 6.79. The maximum absolute atomic E-state index is 10.6. The normalized spacial score (nSPS) is 10.8. The van der Waals surface area contributed by atoms with Crippen LogP contribution in [0.4, 0.5) is 0 Å². The molecule has 0 aliphatic heterocycles. The first-order chi connectivity index (χ1) is 10.6. The van der Waals surface area contributed by atoms with Crippen molar-refractivity contribution in [2.75, 3.05) is 0 Å². The van der Waals surface area contributed by atoms with Gasteiger partial charge in [-0.1, -0.05) is 40.9 Å². The number of hydrogen-bond acceptors (Lipinski definition) is 2. The van der Waals surface area contributed by atoms with E-state index in [1.807, 2.05) is 18.2 Å². The van der Waals surface area contributed by atoms with Crippen molar-refractivity contribution in [2.45, 2.75) is 6.54 Å². The molecule has 0 fully saturated rings. The predicted molar refractivity (Wildman–Crippen MR) is 84.2 cm³/mol. The first kappa shape index (κ1) is 14.4. The minimum absolute atomic E-state index is 0.0457. The largest absolute Gasteiger partial charge is 0.638 e. The number of nitrogens with zero attached hydrogens (tertiary/aromatic N) is 2. The van der Waals surface area contributed by atoms with Crippen molar-refractivity contribution in [1.82, 2.24) is 0 Å². The highest BCUT2D eigenvalue weighted by Crippen LogP contribution is 2.23. The fourth-order valence-corrected chi connectivity index (χ4v) is 2.69. The van der Waals surface area contributed by atoms with Crippen molar-refractivity contribution in [2.24, 2.45) is 0 Å². The zero-order valence-corrected chi connectivity index (χ0v) is 12.5. The van der Waals surface area contributed by atoms with E-state index in [-0.39, 0.29) is 11.9 Å². The Kier molecular flexibility index (Phi) is 3.69. The van der Waals surface area contributed by atoms with Crippen LogP contribution in [0.3, 0.4) is 0 Å². The summed E-state index contributed by atoms with van der Waals surface area (Å²) < 4.78 is 3.03. The molecule has 3 aromatic rings. The monoisotopic (exact) mass is 314 g/mol. The Morgan fingerprint density at radius 1 is 1.09 bits per heavy atom. The second-order valence-electron chi connectivity index (χ2n) is 4.86. The van der Waals surface area contributed by atoms with Gasteiger partial charge in [0.05, 0.1) is 0 Å². The van der Waals surface area contributed by atoms with Crippen LogP contribution in [-0.2, 0) is 6.54 Å². The number of hydrogen-bond donors (Lipinski definition) is 2. The summed E-state index contributed by atoms with van der Waals surface area (Å²) in [7, 11) is 0. The third kappa shape index (κ3) is 2.27. The number of halogens is 1. The first-order valence-corrected chi connectivity index (χ1v) is 7.16. The molecule has 0 aliphatic carbocycles. The number of aromatic hydroxyl groups is 2. The van der Waals surface area contributed by atoms with Gasteiger partial charge in [0.25, 0.3) is 0 Å². The number of para-hydroxylation sites is 1. The predicted octanol–water partition coefficient (Wildman–Crippen LogP) is 2.65. The number of rotatable bonds is 3. The van der Waals surface area contributed by atoms with E-state index in [9.17, 15) is 10.2 Å². The maximum Gasteiger partial charge on any atom is 0.638 e. The van der Waals surface area contributed by atoms with E-state index >= 15 is 0 Å². The molecule has 22 heavy (non-hydrogen) atoms. The molecular weight excluding hydrogens is 300 g/mol. The topological polar surface area (TPSA) is 48.2 Å². The molecule has 0 aliphatic rings. The molecule has 4 nitrogen and oxygen atoms in total. The van der Waals surface area contributed by atoms with Gasteiger partial charge < -0.3 is 10.2 Å². The fourth-order valence-electron chi connectivity index (χ4n) is 2.50. The van der Waals surface area contributed by atoms with Gasteiger partial charge in [0, 0.05) is 23.2 Å². The van der Waals surface area contributed by atoms with Gasteiger partial charge >= 0.3 is 11.9 Å². The number of fused-ring (bicyclic) bond motifs is 1. The van der Waals surface area contributed by atoms with Crippen LogP contribution in [0.5, 0.6) is 11.9 Å². The summed E-state index contributed by atoms with van der Waals surface area (Å²) in [5.74, 6) is -0.0457. The average molecular weight is 315 g/mol. The van der Waals surface area contributed by atoms with E-state index in [0.29, 0.717) is 22.6 Å². The minimum Gasteiger partial charge on any atom is -0.459 e. The third-order valence-corrected chi connectivity index (χ3v) is 3.70. The van der Waals surface area contributed by atoms with Gasteiger partial charge in [0.1, 0.15) is 0 Å². The van der Waals surface area contributed by atoms with E-state index in [2.05, 4.69) is 6.58 Å². The molecule has 1 heterocycles. The Labute approximate surface area is 132 Å². The van der Waals surface area contributed by atoms with Crippen LogP contribution in [0.2, 0.25) is 5.02 Å². The molecule has 3 rings (SSSR count). The molecule has 0 amide bonds. The second-order valence-corrected chi connectivity index (χ2v) is 5.29. The van der Waals surface area contributed by atoms with Gasteiger partial charge in [-0.15, -0.1) is 0 Å². The smallest absolute Gasteiger partial charge is 0.459 e. The highest BCUT2D eigenvalue weighted by atomic mass is 35.5. The number of benzene rings is 2. The standard InChI is InChI=1S/C17H13ClN2O2/c1-2-10-19-15-9-4-3-8-14(15)16(21)20(17(19)22)13-7-5-6-12(18)11-13/h2-9,11H,1,10H2/p+2. The van der Waals surface area contributed by atoms with Crippen LogP contribution in [0.25, 0.3) is 16.6 Å². The summed E-state index contributed by atoms with van der Waals surface area (Å²) in [5, 5.41) is 22.4. The van der Waals surface area contributed by atoms with Crippen molar-refractivity contribution >= 4 is 22.5 Å². The Hall–Kier alpha value is -2.59. The summed E-state index contributed by atoms with van der Waals surface area (Å²) in [5.41, 5.74) is 1.29. The van der Waals surface area contributed by atoms with Crippen LogP contribution >= 0.6 is 11.6 Å². The van der Waals surface area contributed by atoms with Crippen molar-refractivity contribution in [3.8, 4) is 17.6 Å². The zero-order chi connectivity index (χ0) is 15.7. The Morgan fingerprint density at radius 2 is 1.86 bits per heavy atom. The second kappa shape index (κ2) is 5.66. The van der Waals surface area contributed by atoms with Crippen molar-refractivity contribution in [3.63, 3.8) is 0 Å². The number of allylic oxidation sites excluding steroid dienone is 1. The lowest BCUT2D eigenvalue weighted by molar-refractivity contribution is -0.776. The fraction of sp³-hybridized carbons (Fsp3) is 0.0588. The van der Waals surface area contributed by atoms with E-state index < -0.39 is 0 Å². The summed E-state index contributed by atoms with van der Waals surface area (Å²) in [6.45, 7) is 4.13. The van der Waals surface area contributed by atoms with Crippen LogP contribution in [0.15, 0.2) is 61.2 Å². The molecule has 0 atom stereocenters. The minimum atomic E-state index is -0.0987. The average Bonchev–Trinajstić information content (AvgIpc) is 2.52. The van der Waals surface area contributed by atoms with E-state index in [1.165, 1.54) is 4.57 Å². The molecule has 0 unspecified atom stereocenters. The zero-order valence-electron chi connectivity index (χ0n) is 11.8. The van der Waals surface area contributed by atoms with Crippen LogP contribution in [0, 0.1) is 0 Å². The molecule has 2 N–H and O–H groups in total. The quantitative estimate of drug-likeness (QED) is 0.577. The molecule has 0 spiro atoms. The molecule has 0 saturated carbocycles. The molecule has 5 heteroatoms. The van der Waals surface area contributed by atoms with Crippen LogP contribution in [0.1, 0.15) is 0 Å². The van der Waals surface area contributed by atoms with Gasteiger partial charge in [0.2, 0.25) is 11.2 Å². The van der Waals surface area contributed by atoms with Gasteiger partial charge in [0.15, 0.2) is 11.9 Å². The molecule has 0 bridgehead atoms. The summed E-state index contributed by atoms with van der Waals surface area (Å²) in [4.78, 5) is 0. The van der Waals surface area contributed by atoms with Gasteiger partial charge in [-0.05, 0) is 22.8 Å². The SMILES string of the molecule is C=CC[n+]1c(O)[n+](-c2cccc(Cl)c2)c(O)c2ccccc21. The van der Waals surface area contributed by atoms with E-state index in [0.717, 1.165) is 5.52 Å². The Bertz CT molecular complexity index is 878. The van der Waals surface area contributed by atoms with Crippen molar-refractivity contribution < 1.29 is 19.3 Å². The van der Waals surface area contributed by atoms with Gasteiger partial charge in [-0.3, -0.25) is 0 Å².